The van der Waals surface area contributed by atoms with Crippen molar-refractivity contribution in [3.63, 3.8) is 0 Å². The fourth-order valence-electron chi connectivity index (χ4n) is 0. The fraction of sp³-hybridized carbons (Fsp3) is 0. The van der Waals surface area contributed by atoms with Crippen molar-refractivity contribution in [1.82, 2.24) is 0 Å². The van der Waals surface area contributed by atoms with Gasteiger partial charge in [0.1, 0.15) is 0 Å². The second-order valence-corrected chi connectivity index (χ2v) is 0. The summed E-state index contributed by atoms with van der Waals surface area (Å²) >= 11 is 0. The van der Waals surface area contributed by atoms with Crippen molar-refractivity contribution in [3.8, 4) is 0 Å². The molecule has 4 radical (unpaired) electrons. The van der Waals surface area contributed by atoms with E-state index in [2.05, 4.69) is 0 Å². The number of hydrogen-bond donors (Lipinski definition) is 0. The maximum Gasteiger partial charge on any atom is 3.00 e. The molecule has 9 nitrogen and oxygen atoms in total. The zero-order valence-electron chi connectivity index (χ0n) is 5.39. The summed E-state index contributed by atoms with van der Waals surface area (Å²) in [4.78, 5) is 0. The van der Waals surface area contributed by atoms with Gasteiger partial charge in [-0.05, 0) is 0 Å². The van der Waals surface area contributed by atoms with E-state index in [1.165, 1.54) is 0 Å². The molecule has 0 N–H and O–H groups in total. The molecule has 0 unspecified atom stereocenters. The Kier molecular flexibility index (Phi) is 12400. The molecule has 0 atom stereocenters. The molecular formula is Bi2Mo2O9-12. The van der Waals surface area contributed by atoms with Crippen LogP contribution >= 0.6 is 0 Å². The van der Waals surface area contributed by atoms with E-state index < -0.39 is 0 Å². The van der Waals surface area contributed by atoms with Gasteiger partial charge in [0.05, 0.1) is 0 Å². The third-order valence-corrected chi connectivity index (χ3v) is 0. The SMILES string of the molecule is [Bi+3].[Bi+3].[Mo].[Mo].[O-2].[O-2].[O-2].[O-2].[O-2].[O-2].[O-2].[O-2].[O-2]. The van der Waals surface area contributed by atoms with Crippen molar-refractivity contribution in [1.29, 1.82) is 0 Å². The zero-order valence-corrected chi connectivity index (χ0v) is 16.4. The van der Waals surface area contributed by atoms with Gasteiger partial charge in [0, 0.05) is 42.1 Å². The maximum absolute atomic E-state index is 0. The van der Waals surface area contributed by atoms with E-state index >= 15 is 0 Å². The van der Waals surface area contributed by atoms with Gasteiger partial charge in [0.25, 0.3) is 0 Å². The van der Waals surface area contributed by atoms with Crippen LogP contribution in [0.15, 0.2) is 0 Å². The summed E-state index contributed by atoms with van der Waals surface area (Å²) in [7, 11) is 0. The van der Waals surface area contributed by atoms with Crippen molar-refractivity contribution >= 4 is 52.4 Å². The van der Waals surface area contributed by atoms with Crippen molar-refractivity contribution in [3.05, 3.63) is 0 Å². The Labute approximate surface area is 142 Å². The van der Waals surface area contributed by atoms with Gasteiger partial charge in [-0.3, -0.25) is 0 Å². The Morgan fingerprint density at radius 2 is 0.231 bits per heavy atom. The first-order valence-corrected chi connectivity index (χ1v) is 0. The second-order valence-electron chi connectivity index (χ2n) is 0. The van der Waals surface area contributed by atoms with Gasteiger partial charge in [-0.15, -0.1) is 0 Å². The molecule has 0 heterocycles. The summed E-state index contributed by atoms with van der Waals surface area (Å²) in [5, 5.41) is 0. The van der Waals surface area contributed by atoms with Crippen LogP contribution in [0, 0.1) is 0 Å². The topological polar surface area (TPSA) is 256 Å². The fourth-order valence-corrected chi connectivity index (χ4v) is 0. The van der Waals surface area contributed by atoms with Gasteiger partial charge in [-0.25, -0.2) is 0 Å². The normalized spacial score (nSPS) is 0. The minimum Gasteiger partial charge on any atom is -2.00 e. The molecule has 0 aliphatic heterocycles. The number of rotatable bonds is 0. The zero-order chi connectivity index (χ0) is 0. The molecule has 88 valence electrons. The van der Waals surface area contributed by atoms with Crippen molar-refractivity contribution in [2.24, 2.45) is 0 Å². The summed E-state index contributed by atoms with van der Waals surface area (Å²) in [6, 6.07) is 0. The van der Waals surface area contributed by atoms with E-state index in [0.29, 0.717) is 0 Å². The average Bonchev–Trinajstić information content (AvgIpc) is 0. The standard InChI is InChI=1S/2Bi.2Mo.9O/q2*+3;;;9*-2. The number of hydrogen-bond acceptors (Lipinski definition) is 0. The molecule has 0 aliphatic carbocycles. The Balaban J connectivity index is 0. The monoisotopic (exact) mass is 758 g/mol. The first kappa shape index (κ1) is 445. The van der Waals surface area contributed by atoms with E-state index in [1.807, 2.05) is 0 Å². The summed E-state index contributed by atoms with van der Waals surface area (Å²) in [5.74, 6) is 0. The van der Waals surface area contributed by atoms with Gasteiger partial charge in [-0.2, -0.15) is 0 Å². The average molecular weight is 754 g/mol. The Morgan fingerprint density at radius 1 is 0.231 bits per heavy atom. The molecule has 0 amide bonds. The largest absolute Gasteiger partial charge is 3.00 e. The molecule has 0 saturated heterocycles. The Morgan fingerprint density at radius 3 is 0.231 bits per heavy atom. The minimum atomic E-state index is 0. The molecule has 0 aliphatic rings. The van der Waals surface area contributed by atoms with Crippen LogP contribution in [-0.4, -0.2) is 52.4 Å². The third kappa shape index (κ3) is 312. The first-order chi connectivity index (χ1) is 0. The van der Waals surface area contributed by atoms with Crippen LogP contribution in [0.2, 0.25) is 0 Å². The maximum atomic E-state index is 0. The van der Waals surface area contributed by atoms with E-state index in [4.69, 9.17) is 0 Å². The smallest absolute Gasteiger partial charge is 2.00 e. The molecule has 0 bridgehead atoms. The Hall–Kier alpha value is 2.78. The Bertz CT molecular complexity index is 15.6. The van der Waals surface area contributed by atoms with Crippen LogP contribution in [-0.2, 0) is 91.4 Å². The molecular weight excluding hydrogens is 754 g/mol. The predicted octanol–water partition coefficient (Wildman–Crippen LogP) is -1.84. The van der Waals surface area contributed by atoms with Crippen molar-refractivity contribution in [2.75, 3.05) is 0 Å². The van der Waals surface area contributed by atoms with Gasteiger partial charge in [0.15, 0.2) is 0 Å². The summed E-state index contributed by atoms with van der Waals surface area (Å²) < 4.78 is 0. The predicted molar refractivity (Wildman–Crippen MR) is 17.7 cm³/mol. The second kappa shape index (κ2) is 363. The van der Waals surface area contributed by atoms with E-state index in [-0.39, 0.29) is 144 Å². The summed E-state index contributed by atoms with van der Waals surface area (Å²) in [5.41, 5.74) is 0. The van der Waals surface area contributed by atoms with Crippen molar-refractivity contribution in [2.45, 2.75) is 0 Å². The molecule has 0 aromatic rings. The molecule has 0 aromatic carbocycles. The van der Waals surface area contributed by atoms with E-state index in [1.54, 1.807) is 0 Å². The molecule has 0 saturated carbocycles. The molecule has 0 aromatic heterocycles. The van der Waals surface area contributed by atoms with E-state index in [9.17, 15) is 0 Å². The summed E-state index contributed by atoms with van der Waals surface area (Å²) in [6.07, 6.45) is 0. The minimum absolute atomic E-state index is 0. The van der Waals surface area contributed by atoms with Gasteiger partial charge >= 0.3 is 52.4 Å². The van der Waals surface area contributed by atoms with Crippen LogP contribution in [0.3, 0.4) is 0 Å². The molecule has 0 spiro atoms. The van der Waals surface area contributed by atoms with Crippen molar-refractivity contribution < 1.29 is 91.4 Å². The van der Waals surface area contributed by atoms with Crippen LogP contribution in [0.4, 0.5) is 0 Å². The molecule has 13 heavy (non-hydrogen) atoms. The van der Waals surface area contributed by atoms with Crippen LogP contribution in [0.25, 0.3) is 0 Å². The van der Waals surface area contributed by atoms with Gasteiger partial charge in [0.2, 0.25) is 0 Å². The van der Waals surface area contributed by atoms with E-state index in [0.717, 1.165) is 0 Å². The molecule has 13 heteroatoms. The van der Waals surface area contributed by atoms with Crippen LogP contribution in [0.1, 0.15) is 0 Å². The van der Waals surface area contributed by atoms with Gasteiger partial charge in [-0.1, -0.05) is 0 Å². The van der Waals surface area contributed by atoms with Crippen LogP contribution < -0.4 is 0 Å². The summed E-state index contributed by atoms with van der Waals surface area (Å²) in [6.45, 7) is 0. The van der Waals surface area contributed by atoms with Gasteiger partial charge < -0.3 is 49.3 Å². The van der Waals surface area contributed by atoms with Crippen LogP contribution in [0.5, 0.6) is 0 Å². The first-order valence-electron chi connectivity index (χ1n) is 0. The quantitative estimate of drug-likeness (QED) is 0.247. The molecule has 0 fully saturated rings. The molecule has 0 rings (SSSR count). The third-order valence-electron chi connectivity index (χ3n) is 0.